The zero-order valence-corrected chi connectivity index (χ0v) is 19.1. The molecule has 28 heavy (non-hydrogen) atoms. The average Bonchev–Trinajstić information content (AvgIpc) is 3.17. The van der Waals surface area contributed by atoms with E-state index in [1.165, 1.54) is 24.2 Å². The highest BCUT2D eigenvalue weighted by molar-refractivity contribution is 5.90. The molecule has 158 valence electrons. The molecule has 0 saturated carbocycles. The van der Waals surface area contributed by atoms with Gasteiger partial charge in [0.15, 0.2) is 0 Å². The molecule has 1 unspecified atom stereocenters. The van der Waals surface area contributed by atoms with Crippen molar-refractivity contribution in [2.75, 3.05) is 26.7 Å². The maximum atomic E-state index is 12.2. The largest absolute Gasteiger partial charge is 0.468 e. The van der Waals surface area contributed by atoms with Crippen molar-refractivity contribution >= 4 is 11.8 Å². The van der Waals surface area contributed by atoms with E-state index in [0.29, 0.717) is 5.92 Å². The highest BCUT2D eigenvalue weighted by atomic mass is 16.5. The van der Waals surface area contributed by atoms with Crippen LogP contribution in [0.25, 0.3) is 0 Å². The zero-order valence-electron chi connectivity index (χ0n) is 19.1. The van der Waals surface area contributed by atoms with Crippen molar-refractivity contribution < 1.29 is 9.53 Å². The fourth-order valence-corrected chi connectivity index (χ4v) is 5.40. The molecule has 3 atom stereocenters. The molecular weight excluding hydrogens is 350 g/mol. The first-order chi connectivity index (χ1) is 12.9. The van der Waals surface area contributed by atoms with Crippen molar-refractivity contribution in [3.8, 4) is 0 Å². The second-order valence-electron chi connectivity index (χ2n) is 10.8. The van der Waals surface area contributed by atoms with Gasteiger partial charge in [-0.2, -0.15) is 0 Å². The van der Waals surface area contributed by atoms with Crippen molar-refractivity contribution in [2.24, 2.45) is 21.7 Å². The number of carbonyl (C=O) groups excluding carboxylic acids is 1. The van der Waals surface area contributed by atoms with Crippen molar-refractivity contribution in [1.29, 1.82) is 0 Å². The summed E-state index contributed by atoms with van der Waals surface area (Å²) in [6.07, 6.45) is 3.08. The van der Waals surface area contributed by atoms with E-state index in [1.807, 2.05) is 0 Å². The van der Waals surface area contributed by atoms with Gasteiger partial charge in [0, 0.05) is 24.2 Å². The number of nitrogens with zero attached hydrogens (tertiary/aromatic N) is 3. The van der Waals surface area contributed by atoms with Gasteiger partial charge in [0.2, 0.25) is 0 Å². The van der Waals surface area contributed by atoms with Crippen LogP contribution in [0.2, 0.25) is 0 Å². The summed E-state index contributed by atoms with van der Waals surface area (Å²) in [5.41, 5.74) is 3.10. The highest BCUT2D eigenvalue weighted by Crippen LogP contribution is 2.44. The van der Waals surface area contributed by atoms with Gasteiger partial charge in [-0.05, 0) is 49.6 Å². The second-order valence-corrected chi connectivity index (χ2v) is 10.8. The third-order valence-corrected chi connectivity index (χ3v) is 6.36. The molecule has 0 amide bonds. The lowest BCUT2D eigenvalue weighted by Crippen LogP contribution is -2.44. The van der Waals surface area contributed by atoms with Crippen LogP contribution in [0, 0.1) is 16.7 Å². The van der Waals surface area contributed by atoms with Crippen molar-refractivity contribution in [3.05, 3.63) is 11.3 Å². The number of hydrogen-bond donors (Lipinski definition) is 0. The van der Waals surface area contributed by atoms with Gasteiger partial charge in [0.25, 0.3) is 0 Å². The summed E-state index contributed by atoms with van der Waals surface area (Å²) in [6.45, 7) is 18.9. The predicted molar refractivity (Wildman–Crippen MR) is 114 cm³/mol. The Morgan fingerprint density at radius 1 is 1.18 bits per heavy atom. The number of allylic oxidation sites excluding steroid dienone is 1. The fraction of sp³-hybridized carbons (Fsp3) is 0.826. The number of ether oxygens (including phenoxy) is 1. The number of likely N-dealkylation sites (tertiary alicyclic amines) is 1. The maximum absolute atomic E-state index is 12.2. The van der Waals surface area contributed by atoms with Crippen molar-refractivity contribution in [1.82, 2.24) is 9.80 Å². The summed E-state index contributed by atoms with van der Waals surface area (Å²) in [7, 11) is 1.50. The van der Waals surface area contributed by atoms with Crippen LogP contribution in [0.4, 0.5) is 0 Å². The van der Waals surface area contributed by atoms with Gasteiger partial charge in [-0.25, -0.2) is 0 Å². The molecule has 0 aromatic rings. The summed E-state index contributed by atoms with van der Waals surface area (Å²) in [6, 6.07) is 0.169. The summed E-state index contributed by atoms with van der Waals surface area (Å²) in [4.78, 5) is 22.2. The van der Waals surface area contributed by atoms with Gasteiger partial charge >= 0.3 is 5.97 Å². The summed E-state index contributed by atoms with van der Waals surface area (Å²) >= 11 is 0. The molecule has 0 aromatic heterocycles. The fourth-order valence-electron chi connectivity index (χ4n) is 5.40. The van der Waals surface area contributed by atoms with Crippen LogP contribution in [-0.2, 0) is 9.53 Å². The first-order valence-electron chi connectivity index (χ1n) is 10.8. The minimum absolute atomic E-state index is 0.0278. The minimum Gasteiger partial charge on any atom is -0.468 e. The van der Waals surface area contributed by atoms with Crippen LogP contribution in [0.5, 0.6) is 0 Å². The Kier molecular flexibility index (Phi) is 5.70. The lowest BCUT2D eigenvalue weighted by Gasteiger charge is -2.41. The molecule has 3 aliphatic heterocycles. The molecular formula is C23H39N3O2. The molecule has 0 N–H and O–H groups in total. The Balaban J connectivity index is 1.87. The quantitative estimate of drug-likeness (QED) is 0.682. The number of fused-ring (bicyclic) bond motifs is 1. The van der Waals surface area contributed by atoms with Crippen LogP contribution in [0.15, 0.2) is 16.3 Å². The van der Waals surface area contributed by atoms with Crippen molar-refractivity contribution in [3.63, 3.8) is 0 Å². The molecule has 0 aromatic carbocycles. The van der Waals surface area contributed by atoms with E-state index in [4.69, 9.17) is 9.73 Å². The molecule has 0 spiro atoms. The lowest BCUT2D eigenvalue weighted by atomic mass is 9.79. The van der Waals surface area contributed by atoms with Gasteiger partial charge in [0.1, 0.15) is 11.9 Å². The lowest BCUT2D eigenvalue weighted by molar-refractivity contribution is -0.146. The Morgan fingerprint density at radius 2 is 1.86 bits per heavy atom. The third kappa shape index (κ3) is 4.00. The Morgan fingerprint density at radius 3 is 2.43 bits per heavy atom. The normalized spacial score (nSPS) is 29.2. The SMILES string of the molecule is COC(=O)C1CCCN1C[C@@H]1CC2=C(C(C)(C)C)[C@H](C)N=C(C(C)(C)C)N2C1. The van der Waals surface area contributed by atoms with Crippen LogP contribution in [0.1, 0.15) is 67.7 Å². The predicted octanol–water partition coefficient (Wildman–Crippen LogP) is 4.09. The number of amidine groups is 1. The molecule has 5 nitrogen and oxygen atoms in total. The van der Waals surface area contributed by atoms with Gasteiger partial charge in [-0.15, -0.1) is 0 Å². The zero-order chi connectivity index (χ0) is 20.9. The topological polar surface area (TPSA) is 45.1 Å². The molecule has 2 fully saturated rings. The summed E-state index contributed by atoms with van der Waals surface area (Å²) in [5.74, 6) is 1.67. The first kappa shape index (κ1) is 21.4. The van der Waals surface area contributed by atoms with Crippen molar-refractivity contribution in [2.45, 2.75) is 79.8 Å². The maximum Gasteiger partial charge on any atom is 0.323 e. The molecule has 2 saturated heterocycles. The van der Waals surface area contributed by atoms with Gasteiger partial charge in [0.05, 0.1) is 13.2 Å². The van der Waals surface area contributed by atoms with E-state index < -0.39 is 0 Å². The minimum atomic E-state index is -0.0756. The number of hydrogen-bond acceptors (Lipinski definition) is 5. The van der Waals surface area contributed by atoms with E-state index in [-0.39, 0.29) is 28.9 Å². The second kappa shape index (κ2) is 7.47. The van der Waals surface area contributed by atoms with E-state index in [2.05, 4.69) is 58.3 Å². The molecule has 3 aliphatic rings. The van der Waals surface area contributed by atoms with Gasteiger partial charge in [-0.3, -0.25) is 14.7 Å². The smallest absolute Gasteiger partial charge is 0.323 e. The number of rotatable bonds is 3. The van der Waals surface area contributed by atoms with Crippen LogP contribution in [0.3, 0.4) is 0 Å². The Bertz CT molecular complexity index is 681. The van der Waals surface area contributed by atoms with E-state index in [0.717, 1.165) is 38.9 Å². The number of methoxy groups -OCH3 is 1. The Hall–Kier alpha value is -1.36. The van der Waals surface area contributed by atoms with E-state index in [9.17, 15) is 4.79 Å². The summed E-state index contributed by atoms with van der Waals surface area (Å²) in [5, 5.41) is 0. The molecule has 0 bridgehead atoms. The molecule has 0 aliphatic carbocycles. The molecule has 5 heteroatoms. The molecule has 3 heterocycles. The van der Waals surface area contributed by atoms with Gasteiger partial charge < -0.3 is 9.64 Å². The average molecular weight is 390 g/mol. The Labute approximate surface area is 171 Å². The summed E-state index contributed by atoms with van der Waals surface area (Å²) < 4.78 is 5.04. The van der Waals surface area contributed by atoms with Crippen LogP contribution in [-0.4, -0.2) is 60.4 Å². The number of carbonyl (C=O) groups is 1. The molecule has 0 radical (unpaired) electrons. The molecule has 3 rings (SSSR count). The highest BCUT2D eigenvalue weighted by Gasteiger charge is 2.43. The number of aliphatic imine (C=N–C) groups is 1. The van der Waals surface area contributed by atoms with E-state index >= 15 is 0 Å². The standard InChI is InChI=1S/C23H39N3O2/c1-15-19(22(2,3)4)18-12-16(14-26(18)21(24-15)23(5,6)7)13-25-11-9-10-17(25)20(27)28-8/h15-17H,9-14H2,1-8H3/t15-,16-,17?/m0/s1. The third-order valence-electron chi connectivity index (χ3n) is 6.36. The monoisotopic (exact) mass is 389 g/mol. The first-order valence-corrected chi connectivity index (χ1v) is 10.8. The van der Waals surface area contributed by atoms with Crippen LogP contribution >= 0.6 is 0 Å². The van der Waals surface area contributed by atoms with Crippen LogP contribution < -0.4 is 0 Å². The van der Waals surface area contributed by atoms with Gasteiger partial charge in [-0.1, -0.05) is 41.5 Å². The number of esters is 1. The van der Waals surface area contributed by atoms with E-state index in [1.54, 1.807) is 0 Å².